The van der Waals surface area contributed by atoms with Gasteiger partial charge in [-0.05, 0) is 42.0 Å². The van der Waals surface area contributed by atoms with Crippen molar-refractivity contribution in [1.29, 1.82) is 0 Å². The minimum absolute atomic E-state index is 0.0890. The maximum Gasteiger partial charge on any atom is 0.573 e. The first kappa shape index (κ1) is 21.1. The van der Waals surface area contributed by atoms with E-state index < -0.39 is 6.36 Å². The Labute approximate surface area is 173 Å². The predicted molar refractivity (Wildman–Crippen MR) is 106 cm³/mol. The second kappa shape index (κ2) is 8.79. The molecule has 1 amide bonds. The Morgan fingerprint density at radius 1 is 1.17 bits per heavy atom. The number of ether oxygens (including phenoxy) is 1. The van der Waals surface area contributed by atoms with Crippen LogP contribution < -0.4 is 10.1 Å². The molecule has 0 aliphatic carbocycles. The lowest BCUT2D eigenvalue weighted by atomic mass is 10.2. The lowest BCUT2D eigenvalue weighted by Crippen LogP contribution is -2.17. The number of amides is 1. The largest absolute Gasteiger partial charge is 0.573 e. The van der Waals surface area contributed by atoms with Crippen molar-refractivity contribution in [3.05, 3.63) is 59.8 Å². The van der Waals surface area contributed by atoms with Crippen molar-refractivity contribution in [2.24, 2.45) is 7.05 Å². The number of benzene rings is 2. The Morgan fingerprint density at radius 2 is 1.83 bits per heavy atom. The Balaban J connectivity index is 1.56. The van der Waals surface area contributed by atoms with Crippen molar-refractivity contribution in [3.63, 3.8) is 0 Å². The summed E-state index contributed by atoms with van der Waals surface area (Å²) in [7, 11) is 1.84. The van der Waals surface area contributed by atoms with E-state index in [0.29, 0.717) is 15.9 Å². The van der Waals surface area contributed by atoms with E-state index in [0.717, 1.165) is 23.4 Å². The number of thioether (sulfide) groups is 1. The Bertz CT molecular complexity index is 989. The van der Waals surface area contributed by atoms with E-state index >= 15 is 0 Å². The molecule has 10 heteroatoms. The summed E-state index contributed by atoms with van der Waals surface area (Å²) in [5, 5.41) is 3.91. The van der Waals surface area contributed by atoms with Crippen molar-refractivity contribution in [2.45, 2.75) is 11.5 Å². The molecule has 0 bridgehead atoms. The highest BCUT2D eigenvalue weighted by molar-refractivity contribution is 7.99. The molecule has 2 aromatic carbocycles. The Morgan fingerprint density at radius 3 is 2.45 bits per heavy atom. The molecule has 1 heterocycles. The fourth-order valence-electron chi connectivity index (χ4n) is 2.48. The molecule has 0 spiro atoms. The topological polar surface area (TPSA) is 56.2 Å². The zero-order valence-corrected chi connectivity index (χ0v) is 16.6. The highest BCUT2D eigenvalue weighted by Crippen LogP contribution is 2.27. The number of carbonyl (C=O) groups excluding carboxylic acids is 1. The van der Waals surface area contributed by atoms with Gasteiger partial charge in [0.1, 0.15) is 5.75 Å². The van der Waals surface area contributed by atoms with Gasteiger partial charge >= 0.3 is 6.36 Å². The summed E-state index contributed by atoms with van der Waals surface area (Å²) in [6, 6.07) is 12.3. The molecule has 0 aliphatic heterocycles. The van der Waals surface area contributed by atoms with Gasteiger partial charge in [0.25, 0.3) is 0 Å². The van der Waals surface area contributed by atoms with Crippen LogP contribution in [0, 0.1) is 0 Å². The van der Waals surface area contributed by atoms with Gasteiger partial charge in [0.15, 0.2) is 5.16 Å². The zero-order chi connectivity index (χ0) is 21.0. The molecule has 29 heavy (non-hydrogen) atoms. The van der Waals surface area contributed by atoms with Gasteiger partial charge in [-0.15, -0.1) is 13.2 Å². The number of alkyl halides is 3. The average molecular weight is 442 g/mol. The third-order valence-electron chi connectivity index (χ3n) is 3.79. The van der Waals surface area contributed by atoms with E-state index in [1.54, 1.807) is 18.3 Å². The molecule has 1 N–H and O–H groups in total. The van der Waals surface area contributed by atoms with Gasteiger partial charge < -0.3 is 14.6 Å². The molecule has 0 radical (unpaired) electrons. The predicted octanol–water partition coefficient (Wildman–Crippen LogP) is 5.37. The summed E-state index contributed by atoms with van der Waals surface area (Å²) >= 11 is 7.15. The third-order valence-corrected chi connectivity index (χ3v) is 5.09. The van der Waals surface area contributed by atoms with Crippen LogP contribution in [0.3, 0.4) is 0 Å². The first-order valence-electron chi connectivity index (χ1n) is 8.27. The molecule has 0 aliphatic rings. The number of halogens is 4. The van der Waals surface area contributed by atoms with Crippen LogP contribution >= 0.6 is 23.4 Å². The summed E-state index contributed by atoms with van der Waals surface area (Å²) in [6.45, 7) is 0. The van der Waals surface area contributed by atoms with Crippen molar-refractivity contribution in [3.8, 4) is 17.0 Å². The van der Waals surface area contributed by atoms with E-state index in [4.69, 9.17) is 11.6 Å². The standard InChI is InChI=1S/C19H15ClF3N3O2S/c1-26-16(12-2-4-13(20)5-3-12)10-24-18(26)29-11-17(27)25-14-6-8-15(9-7-14)28-19(21,22)23/h2-10H,11H2,1H3,(H,25,27). The summed E-state index contributed by atoms with van der Waals surface area (Å²) in [6.07, 6.45) is -3.04. The highest BCUT2D eigenvalue weighted by Gasteiger charge is 2.30. The number of hydrogen-bond acceptors (Lipinski definition) is 4. The number of nitrogens with zero attached hydrogens (tertiary/aromatic N) is 2. The second-order valence-electron chi connectivity index (χ2n) is 5.90. The van der Waals surface area contributed by atoms with Gasteiger partial charge in [0.05, 0.1) is 17.6 Å². The van der Waals surface area contributed by atoms with E-state index in [2.05, 4.69) is 15.0 Å². The molecule has 152 valence electrons. The van der Waals surface area contributed by atoms with Gasteiger partial charge in [-0.2, -0.15) is 0 Å². The summed E-state index contributed by atoms with van der Waals surface area (Å²) in [5.74, 6) is -0.575. The van der Waals surface area contributed by atoms with Crippen LogP contribution in [0.2, 0.25) is 5.02 Å². The number of aromatic nitrogens is 2. The fourth-order valence-corrected chi connectivity index (χ4v) is 3.36. The molecule has 1 aromatic heterocycles. The van der Waals surface area contributed by atoms with Crippen LogP contribution in [0.15, 0.2) is 59.9 Å². The molecule has 0 saturated heterocycles. The summed E-state index contributed by atoms with van der Waals surface area (Å²) < 4.78 is 42.2. The van der Waals surface area contributed by atoms with Crippen LogP contribution in [0.4, 0.5) is 18.9 Å². The van der Waals surface area contributed by atoms with Crippen molar-refractivity contribution >= 4 is 35.0 Å². The molecule has 0 unspecified atom stereocenters. The van der Waals surface area contributed by atoms with Gasteiger partial charge in [0, 0.05) is 17.8 Å². The quantitative estimate of drug-likeness (QED) is 0.522. The van der Waals surface area contributed by atoms with Gasteiger partial charge in [-0.1, -0.05) is 35.5 Å². The normalized spacial score (nSPS) is 11.3. The van der Waals surface area contributed by atoms with Crippen LogP contribution in [-0.2, 0) is 11.8 Å². The Kier molecular flexibility index (Phi) is 6.39. The molecular formula is C19H15ClF3N3O2S. The number of imidazole rings is 1. The molecular weight excluding hydrogens is 427 g/mol. The van der Waals surface area contributed by atoms with Gasteiger partial charge in [0.2, 0.25) is 5.91 Å². The van der Waals surface area contributed by atoms with Crippen molar-refractivity contribution in [2.75, 3.05) is 11.1 Å². The smallest absolute Gasteiger partial charge is 0.406 e. The first-order chi connectivity index (χ1) is 13.7. The lowest BCUT2D eigenvalue weighted by Gasteiger charge is -2.10. The lowest BCUT2D eigenvalue weighted by molar-refractivity contribution is -0.274. The van der Waals surface area contributed by atoms with E-state index in [-0.39, 0.29) is 17.4 Å². The molecule has 0 fully saturated rings. The van der Waals surface area contributed by atoms with Crippen LogP contribution in [0.25, 0.3) is 11.3 Å². The molecule has 5 nitrogen and oxygen atoms in total. The van der Waals surface area contributed by atoms with Gasteiger partial charge in [-0.3, -0.25) is 4.79 Å². The van der Waals surface area contributed by atoms with Crippen LogP contribution in [0.1, 0.15) is 0 Å². The molecule has 0 saturated carbocycles. The van der Waals surface area contributed by atoms with E-state index in [1.807, 2.05) is 23.7 Å². The zero-order valence-electron chi connectivity index (χ0n) is 15.0. The third kappa shape index (κ3) is 5.91. The second-order valence-corrected chi connectivity index (χ2v) is 7.28. The molecule has 3 aromatic rings. The first-order valence-corrected chi connectivity index (χ1v) is 9.64. The highest BCUT2D eigenvalue weighted by atomic mass is 35.5. The van der Waals surface area contributed by atoms with Crippen LogP contribution in [-0.4, -0.2) is 27.6 Å². The SMILES string of the molecule is Cn1c(-c2ccc(Cl)cc2)cnc1SCC(=O)Nc1ccc(OC(F)(F)F)cc1. The van der Waals surface area contributed by atoms with Gasteiger partial charge in [-0.25, -0.2) is 4.98 Å². The maximum atomic E-state index is 12.2. The minimum Gasteiger partial charge on any atom is -0.406 e. The summed E-state index contributed by atoms with van der Waals surface area (Å²) in [5.41, 5.74) is 2.19. The number of rotatable bonds is 6. The number of hydrogen-bond donors (Lipinski definition) is 1. The average Bonchev–Trinajstić information content (AvgIpc) is 3.02. The van der Waals surface area contributed by atoms with Crippen LogP contribution in [0.5, 0.6) is 5.75 Å². The van der Waals surface area contributed by atoms with Crippen molar-refractivity contribution < 1.29 is 22.7 Å². The Hall–Kier alpha value is -2.65. The molecule has 3 rings (SSSR count). The number of anilines is 1. The monoisotopic (exact) mass is 441 g/mol. The fraction of sp³-hybridized carbons (Fsp3) is 0.158. The molecule has 0 atom stereocenters. The van der Waals surface area contributed by atoms with E-state index in [1.165, 1.54) is 23.9 Å². The van der Waals surface area contributed by atoms with Crippen molar-refractivity contribution in [1.82, 2.24) is 9.55 Å². The van der Waals surface area contributed by atoms with E-state index in [9.17, 15) is 18.0 Å². The number of carbonyl (C=O) groups is 1. The number of nitrogens with one attached hydrogen (secondary N) is 1. The maximum absolute atomic E-state index is 12.2. The minimum atomic E-state index is -4.76. The summed E-state index contributed by atoms with van der Waals surface area (Å²) in [4.78, 5) is 16.5.